The minimum Gasteiger partial charge on any atom is -0.177 e. The molecular weight excluding hydrogens is 218 g/mol. The van der Waals surface area contributed by atoms with Crippen LogP contribution in [0.15, 0.2) is 35.5 Å². The lowest BCUT2D eigenvalue weighted by Gasteiger charge is -1.95. The number of hydrogen-bond acceptors (Lipinski definition) is 4. The Morgan fingerprint density at radius 2 is 2.18 bits per heavy atom. The van der Waals surface area contributed by atoms with Crippen molar-refractivity contribution in [3.63, 3.8) is 0 Å². The minimum absolute atomic E-state index is 0.350. The van der Waals surface area contributed by atoms with Crippen LogP contribution in [0.5, 0.6) is 0 Å². The second-order valence-electron chi connectivity index (χ2n) is 3.17. The molecule has 0 amide bonds. The number of H-pyrrole nitrogens is 1. The first kappa shape index (κ1) is 10.8. The second kappa shape index (κ2) is 5.43. The average molecular weight is 227 g/mol. The van der Waals surface area contributed by atoms with Gasteiger partial charge in [-0.1, -0.05) is 41.5 Å². The zero-order chi connectivity index (χ0) is 11.9. The molecule has 0 atom stereocenters. The Bertz CT molecular complexity index is 535. The molecule has 0 spiro atoms. The molecule has 84 valence electrons. The number of azide groups is 1. The van der Waals surface area contributed by atoms with Gasteiger partial charge in [-0.2, -0.15) is 5.21 Å². The summed E-state index contributed by atoms with van der Waals surface area (Å²) in [6.07, 6.45) is 3.68. The van der Waals surface area contributed by atoms with Gasteiger partial charge in [-0.25, -0.2) is 0 Å². The number of nitrogens with one attached hydrogen (secondary N) is 1. The Hall–Kier alpha value is -2.66. The molecule has 1 aromatic carbocycles. The highest BCUT2D eigenvalue weighted by Crippen LogP contribution is 2.14. The molecule has 2 rings (SSSR count). The van der Waals surface area contributed by atoms with Crippen LogP contribution in [0.3, 0.4) is 0 Å². The first-order valence-corrected chi connectivity index (χ1v) is 4.91. The number of nitrogens with zero attached hydrogens (tertiary/aromatic N) is 6. The summed E-state index contributed by atoms with van der Waals surface area (Å²) < 4.78 is 0. The number of rotatable bonds is 4. The summed E-state index contributed by atoms with van der Waals surface area (Å²) >= 11 is 0. The van der Waals surface area contributed by atoms with Crippen molar-refractivity contribution in [1.82, 2.24) is 20.6 Å². The van der Waals surface area contributed by atoms with Crippen LogP contribution in [0.4, 0.5) is 0 Å². The smallest absolute Gasteiger partial charge is 0.177 e. The van der Waals surface area contributed by atoms with Crippen LogP contribution >= 0.6 is 0 Å². The van der Waals surface area contributed by atoms with Crippen LogP contribution in [0, 0.1) is 0 Å². The molecule has 1 aromatic heterocycles. The Morgan fingerprint density at radius 1 is 1.35 bits per heavy atom. The second-order valence-corrected chi connectivity index (χ2v) is 3.17. The summed E-state index contributed by atoms with van der Waals surface area (Å²) in [6.45, 7) is 0.350. The monoisotopic (exact) mass is 227 g/mol. The van der Waals surface area contributed by atoms with Crippen molar-refractivity contribution < 1.29 is 0 Å². The van der Waals surface area contributed by atoms with Crippen molar-refractivity contribution in [3.05, 3.63) is 46.3 Å². The lowest BCUT2D eigenvalue weighted by atomic mass is 10.1. The van der Waals surface area contributed by atoms with Crippen molar-refractivity contribution in [3.8, 4) is 11.4 Å². The number of aromatic amines is 1. The molecule has 0 unspecified atom stereocenters. The third kappa shape index (κ3) is 2.90. The summed E-state index contributed by atoms with van der Waals surface area (Å²) in [4.78, 5) is 2.66. The van der Waals surface area contributed by atoms with Crippen LogP contribution < -0.4 is 0 Å². The maximum atomic E-state index is 8.11. The lowest BCUT2D eigenvalue weighted by Crippen LogP contribution is -1.81. The summed E-state index contributed by atoms with van der Waals surface area (Å²) in [7, 11) is 0. The first-order valence-electron chi connectivity index (χ1n) is 4.91. The Morgan fingerprint density at radius 3 is 2.82 bits per heavy atom. The fourth-order valence-electron chi connectivity index (χ4n) is 1.30. The van der Waals surface area contributed by atoms with Gasteiger partial charge in [0.2, 0.25) is 5.82 Å². The van der Waals surface area contributed by atoms with E-state index in [9.17, 15) is 0 Å². The molecule has 17 heavy (non-hydrogen) atoms. The van der Waals surface area contributed by atoms with E-state index in [2.05, 4.69) is 30.7 Å². The maximum absolute atomic E-state index is 8.11. The fourth-order valence-corrected chi connectivity index (χ4v) is 1.30. The number of hydrogen-bond donors (Lipinski definition) is 1. The van der Waals surface area contributed by atoms with Gasteiger partial charge in [0.25, 0.3) is 0 Å². The van der Waals surface area contributed by atoms with Gasteiger partial charge in [-0.15, -0.1) is 10.2 Å². The molecule has 0 fully saturated rings. The molecule has 0 aliphatic rings. The van der Waals surface area contributed by atoms with Gasteiger partial charge in [-0.05, 0) is 16.3 Å². The highest BCUT2D eigenvalue weighted by molar-refractivity contribution is 5.59. The number of aromatic nitrogens is 4. The molecule has 0 saturated carbocycles. The Balaban J connectivity index is 2.08. The zero-order valence-electron chi connectivity index (χ0n) is 8.85. The van der Waals surface area contributed by atoms with E-state index in [1.807, 2.05) is 30.3 Å². The normalized spacial score (nSPS) is 10.4. The van der Waals surface area contributed by atoms with Crippen LogP contribution in [0.25, 0.3) is 27.9 Å². The topological polar surface area (TPSA) is 103 Å². The van der Waals surface area contributed by atoms with E-state index in [0.717, 1.165) is 11.1 Å². The molecule has 1 heterocycles. The molecule has 7 nitrogen and oxygen atoms in total. The number of benzene rings is 1. The Kier molecular flexibility index (Phi) is 3.46. The van der Waals surface area contributed by atoms with E-state index >= 15 is 0 Å². The number of tetrazole rings is 1. The highest BCUT2D eigenvalue weighted by Gasteiger charge is 2.00. The average Bonchev–Trinajstić information content (AvgIpc) is 2.89. The van der Waals surface area contributed by atoms with Crippen LogP contribution in [0.2, 0.25) is 0 Å². The van der Waals surface area contributed by atoms with E-state index in [4.69, 9.17) is 5.53 Å². The molecule has 7 heteroatoms. The summed E-state index contributed by atoms with van der Waals surface area (Å²) in [5, 5.41) is 17.1. The van der Waals surface area contributed by atoms with Crippen LogP contribution in [0.1, 0.15) is 5.56 Å². The SMILES string of the molecule is [N-]=[N+]=NCC=Cc1ccc(-c2nn[nH]n2)cc1. The largest absolute Gasteiger partial charge is 0.204 e. The van der Waals surface area contributed by atoms with Gasteiger partial charge >= 0.3 is 0 Å². The van der Waals surface area contributed by atoms with Crippen molar-refractivity contribution in [2.24, 2.45) is 5.11 Å². The summed E-state index contributed by atoms with van der Waals surface area (Å²) in [6, 6.07) is 7.66. The first-order chi connectivity index (χ1) is 8.40. The van der Waals surface area contributed by atoms with E-state index in [1.165, 1.54) is 0 Å². The van der Waals surface area contributed by atoms with E-state index < -0.39 is 0 Å². The highest BCUT2D eigenvalue weighted by atomic mass is 15.5. The lowest BCUT2D eigenvalue weighted by molar-refractivity contribution is 0.881. The molecule has 0 aliphatic heterocycles. The predicted molar refractivity (Wildman–Crippen MR) is 62.7 cm³/mol. The summed E-state index contributed by atoms with van der Waals surface area (Å²) in [5.41, 5.74) is 10.0. The van der Waals surface area contributed by atoms with Crippen molar-refractivity contribution in [1.29, 1.82) is 0 Å². The molecule has 0 bridgehead atoms. The van der Waals surface area contributed by atoms with Gasteiger partial charge in [-0.3, -0.25) is 0 Å². The van der Waals surface area contributed by atoms with Crippen molar-refractivity contribution in [2.75, 3.05) is 6.54 Å². The van der Waals surface area contributed by atoms with E-state index in [1.54, 1.807) is 6.08 Å². The predicted octanol–water partition coefficient (Wildman–Crippen LogP) is 2.19. The Labute approximate surface area is 96.8 Å². The van der Waals surface area contributed by atoms with Gasteiger partial charge in [0, 0.05) is 17.0 Å². The molecule has 0 aliphatic carbocycles. The van der Waals surface area contributed by atoms with Gasteiger partial charge in [0.1, 0.15) is 0 Å². The van der Waals surface area contributed by atoms with Crippen molar-refractivity contribution >= 4 is 6.08 Å². The summed E-state index contributed by atoms with van der Waals surface area (Å²) in [5.74, 6) is 0.564. The molecule has 2 aromatic rings. The standard InChI is InChI=1S/C10H9N7/c11-15-12-7-1-2-8-3-5-9(6-4-8)10-13-16-17-14-10/h1-6H,7H2,(H,13,14,16,17). The van der Waals surface area contributed by atoms with Gasteiger partial charge in [0.05, 0.1) is 0 Å². The minimum atomic E-state index is 0.350. The van der Waals surface area contributed by atoms with Crippen molar-refractivity contribution in [2.45, 2.75) is 0 Å². The van der Waals surface area contributed by atoms with E-state index in [-0.39, 0.29) is 0 Å². The van der Waals surface area contributed by atoms with E-state index in [0.29, 0.717) is 12.4 Å². The third-order valence-corrected chi connectivity index (χ3v) is 2.07. The van der Waals surface area contributed by atoms with Crippen LogP contribution in [-0.4, -0.2) is 27.2 Å². The molecule has 0 saturated heterocycles. The molecule has 1 N–H and O–H groups in total. The van der Waals surface area contributed by atoms with Gasteiger partial charge in [0.15, 0.2) is 0 Å². The molecule has 0 radical (unpaired) electrons. The third-order valence-electron chi connectivity index (χ3n) is 2.07. The van der Waals surface area contributed by atoms with Gasteiger partial charge < -0.3 is 0 Å². The quantitative estimate of drug-likeness (QED) is 0.491. The maximum Gasteiger partial charge on any atom is 0.204 e. The molecular formula is C10H9N7. The fraction of sp³-hybridized carbons (Fsp3) is 0.100. The zero-order valence-corrected chi connectivity index (χ0v) is 8.85. The van der Waals surface area contributed by atoms with Crippen LogP contribution in [-0.2, 0) is 0 Å².